The van der Waals surface area contributed by atoms with E-state index in [1.165, 1.54) is 27.4 Å². The fourth-order valence-electron chi connectivity index (χ4n) is 6.58. The molecule has 3 heterocycles. The Kier molecular flexibility index (Phi) is 4.84. The van der Waals surface area contributed by atoms with Crippen molar-refractivity contribution in [1.82, 2.24) is 19.5 Å². The van der Waals surface area contributed by atoms with Crippen LogP contribution in [0.3, 0.4) is 0 Å². The van der Waals surface area contributed by atoms with Crippen LogP contribution in [0.25, 0.3) is 44.6 Å². The maximum absolute atomic E-state index is 6.66. The van der Waals surface area contributed by atoms with Crippen LogP contribution in [0.1, 0.15) is 36.8 Å². The second-order valence-electron chi connectivity index (χ2n) is 10.4. The van der Waals surface area contributed by atoms with E-state index in [1.54, 1.807) is 6.33 Å². The van der Waals surface area contributed by atoms with Crippen LogP contribution in [0.5, 0.6) is 5.75 Å². The fourth-order valence-corrected chi connectivity index (χ4v) is 6.58. The number of hydrogen-bond acceptors (Lipinski definition) is 4. The summed E-state index contributed by atoms with van der Waals surface area (Å²) in [5, 5.41) is 2.66. The Hall–Kier alpha value is -4.51. The van der Waals surface area contributed by atoms with Crippen molar-refractivity contribution in [1.29, 1.82) is 0 Å². The van der Waals surface area contributed by atoms with Crippen molar-refractivity contribution in [3.05, 3.63) is 109 Å². The van der Waals surface area contributed by atoms with E-state index < -0.39 is 0 Å². The Labute approximate surface area is 220 Å². The number of aromatic nitrogens is 4. The maximum atomic E-state index is 6.66. The number of para-hydroxylation sites is 2. The zero-order valence-electron chi connectivity index (χ0n) is 20.9. The van der Waals surface area contributed by atoms with Crippen LogP contribution < -0.4 is 4.74 Å². The first kappa shape index (κ1) is 21.6. The van der Waals surface area contributed by atoms with Gasteiger partial charge in [-0.15, -0.1) is 0 Å². The number of nitrogens with zero attached hydrogens (tertiary/aromatic N) is 4. The monoisotopic (exact) mass is 494 g/mol. The van der Waals surface area contributed by atoms with Gasteiger partial charge in [0.15, 0.2) is 11.6 Å². The predicted octanol–water partition coefficient (Wildman–Crippen LogP) is 7.58. The Morgan fingerprint density at radius 2 is 1.37 bits per heavy atom. The normalized spacial score (nSPS) is 20.3. The highest BCUT2D eigenvalue weighted by atomic mass is 16.5. The summed E-state index contributed by atoms with van der Waals surface area (Å²) in [7, 11) is 0. The number of rotatable bonds is 3. The van der Waals surface area contributed by atoms with Crippen LogP contribution in [0.4, 0.5) is 0 Å². The van der Waals surface area contributed by atoms with Gasteiger partial charge in [0.05, 0.1) is 0 Å². The molecule has 0 bridgehead atoms. The van der Waals surface area contributed by atoms with E-state index in [9.17, 15) is 0 Å². The van der Waals surface area contributed by atoms with Crippen LogP contribution in [0.15, 0.2) is 103 Å². The Bertz CT molecular complexity index is 1760. The highest BCUT2D eigenvalue weighted by molar-refractivity contribution is 6.08. The molecule has 1 aliphatic carbocycles. The van der Waals surface area contributed by atoms with E-state index in [0.29, 0.717) is 23.6 Å². The van der Waals surface area contributed by atoms with Crippen LogP contribution >= 0.6 is 0 Å². The standard InChI is InChI=1S/C33H26N4O/c1-2-8-21(9-3-1)32-34-20-35-33(36-32)22-14-16-26-27-17-15-23(19-31(27)38-30(26)18-22)37-28-12-6-4-10-24(28)25-11-5-7-13-29(25)37/h1-14,16,18,20,23,27,31H,15,17,19H2. The molecular weight excluding hydrogens is 468 g/mol. The average Bonchev–Trinajstić information content (AvgIpc) is 3.52. The molecule has 0 saturated heterocycles. The van der Waals surface area contributed by atoms with Crippen molar-refractivity contribution in [2.75, 3.05) is 0 Å². The Balaban J connectivity index is 1.11. The number of ether oxygens (including phenoxy) is 1. The molecule has 2 aromatic heterocycles. The minimum atomic E-state index is 0.178. The van der Waals surface area contributed by atoms with Gasteiger partial charge in [-0.05, 0) is 31.0 Å². The van der Waals surface area contributed by atoms with Gasteiger partial charge in [-0.25, -0.2) is 15.0 Å². The summed E-state index contributed by atoms with van der Waals surface area (Å²) < 4.78 is 9.22. The Morgan fingerprint density at radius 1 is 0.684 bits per heavy atom. The van der Waals surface area contributed by atoms with Gasteiger partial charge in [-0.3, -0.25) is 0 Å². The molecule has 0 spiro atoms. The SMILES string of the molecule is c1ccc(-c2ncnc(-c3ccc4c(c3)OC3CC(n5c6ccccc6c6ccccc65)CCC43)n2)cc1. The zero-order valence-corrected chi connectivity index (χ0v) is 20.9. The van der Waals surface area contributed by atoms with Gasteiger partial charge in [0, 0.05) is 56.9 Å². The predicted molar refractivity (Wildman–Crippen MR) is 150 cm³/mol. The highest BCUT2D eigenvalue weighted by Crippen LogP contribution is 2.50. The van der Waals surface area contributed by atoms with Crippen LogP contribution in [0.2, 0.25) is 0 Å². The molecule has 0 radical (unpaired) electrons. The van der Waals surface area contributed by atoms with Crippen molar-refractivity contribution in [2.24, 2.45) is 0 Å². The van der Waals surface area contributed by atoms with E-state index in [2.05, 4.69) is 81.3 Å². The minimum Gasteiger partial charge on any atom is -0.489 e. The lowest BCUT2D eigenvalue weighted by Gasteiger charge is -2.32. The molecule has 1 saturated carbocycles. The lowest BCUT2D eigenvalue weighted by atomic mass is 9.80. The summed E-state index contributed by atoms with van der Waals surface area (Å²) in [6, 6.07) is 34.5. The van der Waals surface area contributed by atoms with E-state index in [4.69, 9.17) is 9.72 Å². The first-order valence-electron chi connectivity index (χ1n) is 13.4. The van der Waals surface area contributed by atoms with Gasteiger partial charge in [0.1, 0.15) is 18.2 Å². The van der Waals surface area contributed by atoms with Crippen LogP contribution in [-0.4, -0.2) is 25.6 Å². The quantitative estimate of drug-likeness (QED) is 0.254. The molecule has 6 aromatic rings. The highest BCUT2D eigenvalue weighted by Gasteiger charge is 2.40. The van der Waals surface area contributed by atoms with E-state index in [0.717, 1.165) is 36.1 Å². The fraction of sp³-hybridized carbons (Fsp3) is 0.182. The van der Waals surface area contributed by atoms with Gasteiger partial charge in [0.2, 0.25) is 0 Å². The summed E-state index contributed by atoms with van der Waals surface area (Å²) in [6.07, 6.45) is 5.03. The number of hydrogen-bond donors (Lipinski definition) is 0. The van der Waals surface area contributed by atoms with Crippen molar-refractivity contribution in [2.45, 2.75) is 37.3 Å². The summed E-state index contributed by atoms with van der Waals surface area (Å²) in [4.78, 5) is 13.6. The molecule has 3 atom stereocenters. The second-order valence-corrected chi connectivity index (χ2v) is 10.4. The molecule has 1 fully saturated rings. The molecule has 0 N–H and O–H groups in total. The summed E-state index contributed by atoms with van der Waals surface area (Å²) >= 11 is 0. The minimum absolute atomic E-state index is 0.178. The van der Waals surface area contributed by atoms with Gasteiger partial charge in [-0.2, -0.15) is 0 Å². The lowest BCUT2D eigenvalue weighted by Crippen LogP contribution is -2.29. The van der Waals surface area contributed by atoms with Crippen molar-refractivity contribution in [3.63, 3.8) is 0 Å². The van der Waals surface area contributed by atoms with Gasteiger partial charge in [-0.1, -0.05) is 78.9 Å². The molecule has 2 aliphatic rings. The van der Waals surface area contributed by atoms with Crippen molar-refractivity contribution < 1.29 is 4.74 Å². The molecule has 8 rings (SSSR count). The van der Waals surface area contributed by atoms with E-state index in [1.807, 2.05) is 30.3 Å². The van der Waals surface area contributed by atoms with Crippen LogP contribution in [0, 0.1) is 0 Å². The van der Waals surface area contributed by atoms with E-state index in [-0.39, 0.29) is 6.10 Å². The zero-order chi connectivity index (χ0) is 25.1. The third-order valence-corrected chi connectivity index (χ3v) is 8.30. The third-order valence-electron chi connectivity index (χ3n) is 8.30. The molecular formula is C33H26N4O. The summed E-state index contributed by atoms with van der Waals surface area (Å²) in [5.41, 5.74) is 5.89. The number of fused-ring (bicyclic) bond motifs is 6. The summed E-state index contributed by atoms with van der Waals surface area (Å²) in [5.74, 6) is 2.76. The van der Waals surface area contributed by atoms with Gasteiger partial charge < -0.3 is 9.30 Å². The van der Waals surface area contributed by atoms with Gasteiger partial charge >= 0.3 is 0 Å². The maximum Gasteiger partial charge on any atom is 0.163 e. The largest absolute Gasteiger partial charge is 0.489 e. The third kappa shape index (κ3) is 3.35. The van der Waals surface area contributed by atoms with Crippen molar-refractivity contribution in [3.8, 4) is 28.5 Å². The van der Waals surface area contributed by atoms with E-state index >= 15 is 0 Å². The molecule has 0 amide bonds. The lowest BCUT2D eigenvalue weighted by molar-refractivity contribution is 0.135. The molecule has 184 valence electrons. The molecule has 38 heavy (non-hydrogen) atoms. The Morgan fingerprint density at radius 3 is 2.13 bits per heavy atom. The smallest absolute Gasteiger partial charge is 0.163 e. The first-order chi connectivity index (χ1) is 18.8. The topological polar surface area (TPSA) is 52.8 Å². The molecule has 5 heteroatoms. The molecule has 1 aliphatic heterocycles. The van der Waals surface area contributed by atoms with Crippen molar-refractivity contribution >= 4 is 21.8 Å². The second kappa shape index (κ2) is 8.52. The molecule has 3 unspecified atom stereocenters. The van der Waals surface area contributed by atoms with Crippen LogP contribution in [-0.2, 0) is 0 Å². The summed E-state index contributed by atoms with van der Waals surface area (Å²) in [6.45, 7) is 0. The van der Waals surface area contributed by atoms with Gasteiger partial charge in [0.25, 0.3) is 0 Å². The molecule has 4 aromatic carbocycles. The first-order valence-corrected chi connectivity index (χ1v) is 13.4. The number of benzene rings is 4. The molecule has 5 nitrogen and oxygen atoms in total. The average molecular weight is 495 g/mol.